The van der Waals surface area contributed by atoms with Crippen LogP contribution in [0.15, 0.2) is 65.7 Å². The predicted octanol–water partition coefficient (Wildman–Crippen LogP) is 5.44. The summed E-state index contributed by atoms with van der Waals surface area (Å²) in [6.07, 6.45) is 2.65. The number of phenolic OH excluding ortho intramolecular Hbond substituents is 1. The summed E-state index contributed by atoms with van der Waals surface area (Å²) >= 11 is 12.1. The highest BCUT2D eigenvalue weighted by Gasteiger charge is 2.16. The first kappa shape index (κ1) is 26.6. The Labute approximate surface area is 226 Å². The Balaban J connectivity index is 1.70. The van der Waals surface area contributed by atoms with E-state index in [-0.39, 0.29) is 39.3 Å². The molecule has 0 unspecified atom stereocenters. The van der Waals surface area contributed by atoms with Gasteiger partial charge in [-0.05, 0) is 42.8 Å². The van der Waals surface area contributed by atoms with Crippen LogP contribution in [-0.4, -0.2) is 39.0 Å². The molecule has 2 amide bonds. The molecule has 0 bridgehead atoms. The quantitative estimate of drug-likeness (QED) is 0.270. The van der Waals surface area contributed by atoms with Crippen molar-refractivity contribution in [1.29, 1.82) is 0 Å². The van der Waals surface area contributed by atoms with Crippen LogP contribution in [0.25, 0.3) is 22.4 Å². The van der Waals surface area contributed by atoms with Crippen molar-refractivity contribution in [3.05, 3.63) is 86.9 Å². The highest BCUT2D eigenvalue weighted by Crippen LogP contribution is 2.33. The Bertz CT molecular complexity index is 1590. The van der Waals surface area contributed by atoms with Crippen LogP contribution in [0, 0.1) is 0 Å². The monoisotopic (exact) mass is 553 g/mol. The fourth-order valence-corrected chi connectivity index (χ4v) is 4.10. The zero-order valence-electron chi connectivity index (χ0n) is 20.2. The first-order chi connectivity index (χ1) is 18.2. The van der Waals surface area contributed by atoms with Crippen LogP contribution >= 0.6 is 23.2 Å². The number of nitrogens with zero attached hydrogens (tertiary/aromatic N) is 3. The molecule has 0 saturated heterocycles. The second-order valence-corrected chi connectivity index (χ2v) is 8.74. The Morgan fingerprint density at radius 2 is 1.74 bits per heavy atom. The Morgan fingerprint density at radius 3 is 2.42 bits per heavy atom. The summed E-state index contributed by atoms with van der Waals surface area (Å²) < 4.78 is 5.98. The molecule has 2 aromatic heterocycles. The Morgan fingerprint density at radius 1 is 1.03 bits per heavy atom. The number of hydrogen-bond acceptors (Lipinski definition) is 7. The minimum absolute atomic E-state index is 0.0309. The van der Waals surface area contributed by atoms with Gasteiger partial charge in [-0.15, -0.1) is 0 Å². The number of phenols is 1. The summed E-state index contributed by atoms with van der Waals surface area (Å²) in [5.74, 6) is -0.573. The molecule has 0 aliphatic heterocycles. The van der Waals surface area contributed by atoms with Crippen LogP contribution in [0.5, 0.6) is 5.75 Å². The number of rotatable bonds is 6. The van der Waals surface area contributed by atoms with Crippen LogP contribution in [0.3, 0.4) is 0 Å². The molecule has 10 nitrogen and oxygen atoms in total. The number of nitrogens with one attached hydrogen (secondary N) is 2. The molecule has 0 fully saturated rings. The summed E-state index contributed by atoms with van der Waals surface area (Å²) in [6, 6.07) is 12.1. The topological polar surface area (TPSA) is 135 Å². The molecule has 194 valence electrons. The highest BCUT2D eigenvalue weighted by atomic mass is 35.5. The molecule has 0 saturated carbocycles. The van der Waals surface area contributed by atoms with Crippen molar-refractivity contribution in [2.24, 2.45) is 0 Å². The number of aryl methyl sites for hydroxylation is 1. The number of hydrogen-bond donors (Lipinski definition) is 3. The molecule has 0 atom stereocenters. The molecular weight excluding hydrogens is 533 g/mol. The maximum atomic E-state index is 12.9. The molecule has 0 aliphatic rings. The van der Waals surface area contributed by atoms with Crippen molar-refractivity contribution in [1.82, 2.24) is 14.8 Å². The zero-order chi connectivity index (χ0) is 27.4. The molecule has 4 rings (SSSR count). The number of esters is 1. The average Bonchev–Trinajstić information content (AvgIpc) is 2.92. The van der Waals surface area contributed by atoms with E-state index in [9.17, 15) is 19.5 Å². The van der Waals surface area contributed by atoms with Crippen LogP contribution in [0.1, 0.15) is 17.3 Å². The van der Waals surface area contributed by atoms with Crippen molar-refractivity contribution in [3.63, 3.8) is 0 Å². The largest absolute Gasteiger partial charge is 0.507 e. The number of ether oxygens (including phenoxy) is 1. The van der Waals surface area contributed by atoms with E-state index in [4.69, 9.17) is 27.9 Å². The number of aromatic nitrogens is 3. The number of carbonyl (C=O) groups is 2. The van der Waals surface area contributed by atoms with Gasteiger partial charge in [0.2, 0.25) is 0 Å². The molecule has 2 aromatic carbocycles. The van der Waals surface area contributed by atoms with E-state index in [2.05, 4.69) is 20.7 Å². The minimum Gasteiger partial charge on any atom is -0.507 e. The molecule has 0 aliphatic carbocycles. The lowest BCUT2D eigenvalue weighted by atomic mass is 9.99. The number of methoxy groups -OCH3 is 1. The normalized spacial score (nSPS) is 10.6. The van der Waals surface area contributed by atoms with Gasteiger partial charge in [-0.2, -0.15) is 5.10 Å². The summed E-state index contributed by atoms with van der Waals surface area (Å²) in [5.41, 5.74) is 1.85. The first-order valence-corrected chi connectivity index (χ1v) is 12.0. The molecule has 38 heavy (non-hydrogen) atoms. The van der Waals surface area contributed by atoms with Gasteiger partial charge in [0.25, 0.3) is 5.56 Å². The van der Waals surface area contributed by atoms with Crippen molar-refractivity contribution in [3.8, 4) is 28.1 Å². The number of benzene rings is 2. The summed E-state index contributed by atoms with van der Waals surface area (Å²) in [5, 5.41) is 20.1. The van der Waals surface area contributed by atoms with E-state index in [1.807, 2.05) is 0 Å². The third kappa shape index (κ3) is 5.61. The van der Waals surface area contributed by atoms with E-state index < -0.39 is 17.6 Å². The zero-order valence-corrected chi connectivity index (χ0v) is 21.7. The smallest absolute Gasteiger partial charge is 0.337 e. The van der Waals surface area contributed by atoms with Crippen molar-refractivity contribution in [2.45, 2.75) is 13.5 Å². The first-order valence-electron chi connectivity index (χ1n) is 11.2. The molecule has 0 radical (unpaired) electrons. The lowest BCUT2D eigenvalue weighted by Crippen LogP contribution is -2.29. The molecular formula is C26H21Cl2N5O5. The van der Waals surface area contributed by atoms with Crippen LogP contribution in [0.4, 0.5) is 16.2 Å². The van der Waals surface area contributed by atoms with Gasteiger partial charge in [0.15, 0.2) is 0 Å². The number of halogens is 2. The van der Waals surface area contributed by atoms with E-state index >= 15 is 0 Å². The highest BCUT2D eigenvalue weighted by molar-refractivity contribution is 6.39. The lowest BCUT2D eigenvalue weighted by Gasteiger charge is -2.13. The number of pyridine rings is 1. The SMILES string of the molecule is CCn1nc(-c2cccc(-c3cc(C(=O)OC)ccc3O)c2)cc(NC(=O)Nc2c(Cl)cncc2Cl)c1=O. The third-order valence-electron chi connectivity index (χ3n) is 5.50. The minimum atomic E-state index is -0.741. The van der Waals surface area contributed by atoms with Gasteiger partial charge in [0.05, 0.1) is 34.1 Å². The molecule has 12 heteroatoms. The van der Waals surface area contributed by atoms with Crippen LogP contribution in [0.2, 0.25) is 10.0 Å². The van der Waals surface area contributed by atoms with Gasteiger partial charge < -0.3 is 20.5 Å². The summed E-state index contributed by atoms with van der Waals surface area (Å²) in [7, 11) is 1.27. The predicted molar refractivity (Wildman–Crippen MR) is 145 cm³/mol. The van der Waals surface area contributed by atoms with Crippen molar-refractivity contribution in [2.75, 3.05) is 17.7 Å². The standard InChI is InChI=1S/C26H21Cl2N5O5/c1-3-33-24(35)21(30-26(37)31-23-18(27)12-29-13-19(23)28)11-20(32-33)15-6-4-5-14(9-15)17-10-16(25(36)38-2)7-8-22(17)34/h4-13,34H,3H2,1-2H3,(H2,29,30,31,37). The van der Waals surface area contributed by atoms with Gasteiger partial charge in [0.1, 0.15) is 11.4 Å². The summed E-state index contributed by atoms with van der Waals surface area (Å²) in [6.45, 7) is 1.98. The van der Waals surface area contributed by atoms with Crippen molar-refractivity contribution >= 4 is 46.6 Å². The van der Waals surface area contributed by atoms with Gasteiger partial charge in [-0.3, -0.25) is 9.78 Å². The molecule has 2 heterocycles. The Kier molecular flexibility index (Phi) is 7.94. The number of carbonyl (C=O) groups excluding carboxylic acids is 2. The maximum absolute atomic E-state index is 12.9. The number of amides is 2. The third-order valence-corrected chi connectivity index (χ3v) is 6.07. The molecule has 3 N–H and O–H groups in total. The van der Waals surface area contributed by atoms with Crippen LogP contribution in [-0.2, 0) is 11.3 Å². The second-order valence-electron chi connectivity index (χ2n) is 7.93. The van der Waals surface area contributed by atoms with E-state index in [1.54, 1.807) is 31.2 Å². The summed E-state index contributed by atoms with van der Waals surface area (Å²) in [4.78, 5) is 41.4. The average molecular weight is 554 g/mol. The number of aromatic hydroxyl groups is 1. The van der Waals surface area contributed by atoms with E-state index in [0.29, 0.717) is 22.4 Å². The molecule has 0 spiro atoms. The van der Waals surface area contributed by atoms with Gasteiger partial charge >= 0.3 is 12.0 Å². The number of anilines is 2. The van der Waals surface area contributed by atoms with E-state index in [0.717, 1.165) is 0 Å². The Hall–Kier alpha value is -4.41. The lowest BCUT2D eigenvalue weighted by molar-refractivity contribution is 0.0600. The second kappa shape index (κ2) is 11.3. The fourth-order valence-electron chi connectivity index (χ4n) is 3.64. The van der Waals surface area contributed by atoms with Crippen molar-refractivity contribution < 1.29 is 19.4 Å². The maximum Gasteiger partial charge on any atom is 0.337 e. The number of urea groups is 1. The van der Waals surface area contributed by atoms with Gasteiger partial charge in [-0.1, -0.05) is 41.4 Å². The van der Waals surface area contributed by atoms with Gasteiger partial charge in [-0.25, -0.2) is 14.3 Å². The van der Waals surface area contributed by atoms with E-state index in [1.165, 1.54) is 48.5 Å². The fraction of sp³-hybridized carbons (Fsp3) is 0.115. The van der Waals surface area contributed by atoms with Crippen LogP contribution < -0.4 is 16.2 Å². The molecule has 4 aromatic rings. The van der Waals surface area contributed by atoms with Gasteiger partial charge in [0, 0.05) is 30.1 Å².